The van der Waals surface area contributed by atoms with Crippen molar-refractivity contribution in [2.24, 2.45) is 0 Å². The van der Waals surface area contributed by atoms with E-state index in [-0.39, 0.29) is 5.75 Å². The summed E-state index contributed by atoms with van der Waals surface area (Å²) >= 11 is 0. The van der Waals surface area contributed by atoms with Gasteiger partial charge in [-0.05, 0) is 40.1 Å². The molecule has 1 heterocycles. The Morgan fingerprint density at radius 1 is 0.500 bits per heavy atom. The van der Waals surface area contributed by atoms with Crippen molar-refractivity contribution in [1.82, 2.24) is 0 Å². The van der Waals surface area contributed by atoms with Gasteiger partial charge >= 0.3 is 0 Å². The largest absolute Gasteiger partial charge is 0.507 e. The third-order valence-corrected chi connectivity index (χ3v) is 5.98. The number of furan rings is 1. The van der Waals surface area contributed by atoms with Crippen LogP contribution in [-0.4, -0.2) is 5.11 Å². The topological polar surface area (TPSA) is 33.4 Å². The van der Waals surface area contributed by atoms with E-state index in [0.717, 1.165) is 55.3 Å². The summed E-state index contributed by atoms with van der Waals surface area (Å²) < 4.78 is 6.38. The summed E-state index contributed by atoms with van der Waals surface area (Å²) in [6.07, 6.45) is 0. The lowest BCUT2D eigenvalue weighted by Crippen LogP contribution is -1.85. The molecule has 0 saturated carbocycles. The number of phenolic OH excluding ortho intramolecular Hbond substituents is 1. The Labute approximate surface area is 186 Å². The van der Waals surface area contributed by atoms with Gasteiger partial charge in [-0.15, -0.1) is 0 Å². The molecule has 0 aliphatic heterocycles. The predicted molar refractivity (Wildman–Crippen MR) is 132 cm³/mol. The molecular weight excluding hydrogens is 392 g/mol. The van der Waals surface area contributed by atoms with Crippen molar-refractivity contribution in [3.05, 3.63) is 115 Å². The molecule has 0 fully saturated rings. The molecule has 0 spiro atoms. The first-order valence-corrected chi connectivity index (χ1v) is 10.7. The first-order chi connectivity index (χ1) is 15.8. The van der Waals surface area contributed by atoms with E-state index in [1.54, 1.807) is 6.07 Å². The summed E-state index contributed by atoms with van der Waals surface area (Å²) in [4.78, 5) is 0. The lowest BCUT2D eigenvalue weighted by Gasteiger charge is -2.11. The summed E-state index contributed by atoms with van der Waals surface area (Å²) in [7, 11) is 0. The van der Waals surface area contributed by atoms with E-state index in [1.165, 1.54) is 0 Å². The number of phenols is 1. The van der Waals surface area contributed by atoms with Gasteiger partial charge in [0.1, 0.15) is 17.1 Å². The van der Waals surface area contributed by atoms with Gasteiger partial charge in [0, 0.05) is 22.1 Å². The Morgan fingerprint density at radius 2 is 1.16 bits per heavy atom. The van der Waals surface area contributed by atoms with E-state index in [4.69, 9.17) is 4.42 Å². The molecule has 6 aromatic rings. The molecule has 2 nitrogen and oxygen atoms in total. The van der Waals surface area contributed by atoms with Gasteiger partial charge in [-0.1, -0.05) is 97.1 Å². The molecule has 0 radical (unpaired) electrons. The molecule has 0 aliphatic rings. The summed E-state index contributed by atoms with van der Waals surface area (Å²) in [6.45, 7) is 0. The first kappa shape index (κ1) is 18.5. The van der Waals surface area contributed by atoms with Gasteiger partial charge in [0.15, 0.2) is 0 Å². The molecule has 0 aliphatic carbocycles. The van der Waals surface area contributed by atoms with Crippen LogP contribution in [0.25, 0.3) is 55.3 Å². The van der Waals surface area contributed by atoms with Crippen LogP contribution in [-0.2, 0) is 0 Å². The SMILES string of the molecule is Oc1ccc2cc(-c3oc4ccccc4c3-c3ccccc3)ccc2c1-c1ccccc1. The molecule has 0 unspecified atom stereocenters. The predicted octanol–water partition coefficient (Wildman–Crippen LogP) is 8.29. The highest BCUT2D eigenvalue weighted by Crippen LogP contribution is 2.43. The highest BCUT2D eigenvalue weighted by Gasteiger charge is 2.18. The maximum Gasteiger partial charge on any atom is 0.143 e. The molecule has 152 valence electrons. The van der Waals surface area contributed by atoms with E-state index >= 15 is 0 Å². The van der Waals surface area contributed by atoms with Crippen LogP contribution in [0.1, 0.15) is 0 Å². The molecule has 0 atom stereocenters. The highest BCUT2D eigenvalue weighted by atomic mass is 16.3. The summed E-state index contributed by atoms with van der Waals surface area (Å²) in [5.74, 6) is 1.14. The molecule has 0 saturated heterocycles. The van der Waals surface area contributed by atoms with Crippen molar-refractivity contribution in [3.63, 3.8) is 0 Å². The van der Waals surface area contributed by atoms with Gasteiger partial charge in [0.05, 0.1) is 0 Å². The van der Waals surface area contributed by atoms with Crippen molar-refractivity contribution < 1.29 is 9.52 Å². The third-order valence-electron chi connectivity index (χ3n) is 5.98. The van der Waals surface area contributed by atoms with Crippen molar-refractivity contribution >= 4 is 21.7 Å². The Bertz CT molecular complexity index is 1560. The molecule has 1 N–H and O–H groups in total. The van der Waals surface area contributed by atoms with E-state index in [0.29, 0.717) is 0 Å². The van der Waals surface area contributed by atoms with Crippen LogP contribution in [0.5, 0.6) is 5.75 Å². The third kappa shape index (κ3) is 2.97. The first-order valence-electron chi connectivity index (χ1n) is 10.7. The minimum absolute atomic E-state index is 0.283. The van der Waals surface area contributed by atoms with Gasteiger partial charge in [-0.3, -0.25) is 0 Å². The van der Waals surface area contributed by atoms with Gasteiger partial charge < -0.3 is 9.52 Å². The fourth-order valence-corrected chi connectivity index (χ4v) is 4.51. The van der Waals surface area contributed by atoms with Crippen molar-refractivity contribution in [3.8, 4) is 39.3 Å². The average Bonchev–Trinajstić information content (AvgIpc) is 3.24. The van der Waals surface area contributed by atoms with E-state index < -0.39 is 0 Å². The number of aromatic hydroxyl groups is 1. The Hall–Kier alpha value is -4.30. The van der Waals surface area contributed by atoms with Crippen LogP contribution >= 0.6 is 0 Å². The molecule has 1 aromatic heterocycles. The number of para-hydroxylation sites is 1. The zero-order valence-corrected chi connectivity index (χ0v) is 17.3. The second-order valence-electron chi connectivity index (χ2n) is 7.93. The minimum Gasteiger partial charge on any atom is -0.507 e. The number of hydrogen-bond acceptors (Lipinski definition) is 2. The van der Waals surface area contributed by atoms with Gasteiger partial charge in [0.25, 0.3) is 0 Å². The van der Waals surface area contributed by atoms with Crippen LogP contribution in [0.4, 0.5) is 0 Å². The van der Waals surface area contributed by atoms with Crippen molar-refractivity contribution in [2.45, 2.75) is 0 Å². The van der Waals surface area contributed by atoms with Gasteiger partial charge in [-0.25, -0.2) is 0 Å². The Morgan fingerprint density at radius 3 is 1.91 bits per heavy atom. The lowest BCUT2D eigenvalue weighted by atomic mass is 9.94. The highest BCUT2D eigenvalue weighted by molar-refractivity contribution is 6.05. The van der Waals surface area contributed by atoms with Crippen molar-refractivity contribution in [1.29, 1.82) is 0 Å². The molecule has 0 bridgehead atoms. The number of hydrogen-bond donors (Lipinski definition) is 1. The second-order valence-corrected chi connectivity index (χ2v) is 7.93. The fraction of sp³-hybridized carbons (Fsp3) is 0. The molecule has 32 heavy (non-hydrogen) atoms. The molecule has 2 heteroatoms. The normalized spacial score (nSPS) is 11.2. The molecular formula is C30H20O2. The van der Waals surface area contributed by atoms with Gasteiger partial charge in [-0.2, -0.15) is 0 Å². The van der Waals surface area contributed by atoms with Crippen LogP contribution in [0, 0.1) is 0 Å². The standard InChI is InChI=1S/C30H20O2/c31-26-18-16-22-19-23(15-17-24(22)28(26)20-9-3-1-4-10-20)30-29(21-11-5-2-6-12-21)25-13-7-8-14-27(25)32-30/h1-19,31H. The van der Waals surface area contributed by atoms with E-state index in [1.807, 2.05) is 60.7 Å². The second kappa shape index (κ2) is 7.44. The van der Waals surface area contributed by atoms with Crippen LogP contribution in [0.15, 0.2) is 120 Å². The molecule has 5 aromatic carbocycles. The summed E-state index contributed by atoms with van der Waals surface area (Å²) in [5, 5.41) is 13.8. The lowest BCUT2D eigenvalue weighted by molar-refractivity contribution is 0.478. The maximum atomic E-state index is 10.6. The van der Waals surface area contributed by atoms with Crippen molar-refractivity contribution in [2.75, 3.05) is 0 Å². The smallest absolute Gasteiger partial charge is 0.143 e. The van der Waals surface area contributed by atoms with E-state index in [9.17, 15) is 5.11 Å². The Balaban J connectivity index is 1.60. The minimum atomic E-state index is 0.283. The monoisotopic (exact) mass is 412 g/mol. The quantitative estimate of drug-likeness (QED) is 0.317. The zero-order chi connectivity index (χ0) is 21.5. The zero-order valence-electron chi connectivity index (χ0n) is 17.3. The van der Waals surface area contributed by atoms with Gasteiger partial charge in [0.2, 0.25) is 0 Å². The summed E-state index contributed by atoms with van der Waals surface area (Å²) in [6, 6.07) is 38.6. The Kier molecular flexibility index (Phi) is 4.29. The van der Waals surface area contributed by atoms with E-state index in [2.05, 4.69) is 48.5 Å². The van der Waals surface area contributed by atoms with Crippen LogP contribution in [0.2, 0.25) is 0 Å². The number of rotatable bonds is 3. The maximum absolute atomic E-state index is 10.6. The summed E-state index contributed by atoms with van der Waals surface area (Å²) in [5.41, 5.74) is 5.96. The number of benzene rings is 5. The average molecular weight is 412 g/mol. The molecule has 6 rings (SSSR count). The molecule has 0 amide bonds. The van der Waals surface area contributed by atoms with Crippen LogP contribution in [0.3, 0.4) is 0 Å². The fourth-order valence-electron chi connectivity index (χ4n) is 4.51. The van der Waals surface area contributed by atoms with Crippen LogP contribution < -0.4 is 0 Å². The number of fused-ring (bicyclic) bond motifs is 2.